The highest BCUT2D eigenvalue weighted by molar-refractivity contribution is 9.10. The lowest BCUT2D eigenvalue weighted by Gasteiger charge is -2.00. The van der Waals surface area contributed by atoms with Crippen LogP contribution in [0.4, 0.5) is 0 Å². The third-order valence-corrected chi connectivity index (χ3v) is 2.63. The quantitative estimate of drug-likeness (QED) is 0.801. The summed E-state index contributed by atoms with van der Waals surface area (Å²) in [5.41, 5.74) is 2.21. The minimum atomic E-state index is 0.976. The largest absolute Gasteiger partial charge is 0.241 e. The Hall–Kier alpha value is -1.09. The van der Waals surface area contributed by atoms with Crippen LogP contribution in [0, 0.1) is 0 Å². The predicted octanol–water partition coefficient (Wildman–Crippen LogP) is 3.20. The molecule has 1 aromatic heterocycles. The summed E-state index contributed by atoms with van der Waals surface area (Å²) in [5.74, 6) is 0. The van der Waals surface area contributed by atoms with Gasteiger partial charge in [-0.2, -0.15) is 5.10 Å². The molecular formula is C11H11BrN2. The Morgan fingerprint density at radius 2 is 1.93 bits per heavy atom. The van der Waals surface area contributed by atoms with Crippen molar-refractivity contribution in [3.63, 3.8) is 0 Å². The Kier molecular flexibility index (Phi) is 2.68. The highest BCUT2D eigenvalue weighted by Gasteiger charge is 1.98. The first-order valence-corrected chi connectivity index (χ1v) is 5.39. The summed E-state index contributed by atoms with van der Waals surface area (Å²) in [4.78, 5) is 0. The maximum absolute atomic E-state index is 4.43. The zero-order chi connectivity index (χ0) is 9.97. The fourth-order valence-electron chi connectivity index (χ4n) is 1.29. The zero-order valence-corrected chi connectivity index (χ0v) is 9.53. The molecule has 0 aliphatic carbocycles. The standard InChI is InChI=1S/C11H11BrN2/c1-2-10-7-8-14(13-10)11-5-3-9(12)4-6-11/h3-8H,2H2,1H3. The molecule has 0 saturated heterocycles. The molecule has 0 unspecified atom stereocenters. The Labute approximate surface area is 91.7 Å². The first-order valence-electron chi connectivity index (χ1n) is 4.60. The highest BCUT2D eigenvalue weighted by Crippen LogP contribution is 2.13. The van der Waals surface area contributed by atoms with Gasteiger partial charge in [-0.25, -0.2) is 4.68 Å². The van der Waals surface area contributed by atoms with E-state index in [1.54, 1.807) is 0 Å². The lowest BCUT2D eigenvalue weighted by Crippen LogP contribution is -1.95. The van der Waals surface area contributed by atoms with Gasteiger partial charge in [-0.05, 0) is 36.8 Å². The van der Waals surface area contributed by atoms with Gasteiger partial charge in [0.1, 0.15) is 0 Å². The van der Waals surface area contributed by atoms with Crippen molar-refractivity contribution in [2.45, 2.75) is 13.3 Å². The minimum absolute atomic E-state index is 0.976. The molecule has 0 amide bonds. The summed E-state index contributed by atoms with van der Waals surface area (Å²) >= 11 is 3.41. The predicted molar refractivity (Wildman–Crippen MR) is 60.6 cm³/mol. The lowest BCUT2D eigenvalue weighted by molar-refractivity contribution is 0.841. The number of hydrogen-bond donors (Lipinski definition) is 0. The summed E-state index contributed by atoms with van der Waals surface area (Å²) in [5, 5.41) is 4.43. The minimum Gasteiger partial charge on any atom is -0.241 e. The van der Waals surface area contributed by atoms with E-state index in [4.69, 9.17) is 0 Å². The van der Waals surface area contributed by atoms with Crippen molar-refractivity contribution < 1.29 is 0 Å². The van der Waals surface area contributed by atoms with E-state index in [0.717, 1.165) is 22.3 Å². The third-order valence-electron chi connectivity index (χ3n) is 2.10. The van der Waals surface area contributed by atoms with Gasteiger partial charge in [0.2, 0.25) is 0 Å². The fraction of sp³-hybridized carbons (Fsp3) is 0.182. The Morgan fingerprint density at radius 3 is 2.50 bits per heavy atom. The zero-order valence-electron chi connectivity index (χ0n) is 7.94. The van der Waals surface area contributed by atoms with Crippen molar-refractivity contribution in [2.75, 3.05) is 0 Å². The Balaban J connectivity index is 2.34. The van der Waals surface area contributed by atoms with Crippen molar-refractivity contribution in [1.82, 2.24) is 9.78 Å². The highest BCUT2D eigenvalue weighted by atomic mass is 79.9. The van der Waals surface area contributed by atoms with E-state index in [2.05, 4.69) is 28.0 Å². The fourth-order valence-corrected chi connectivity index (χ4v) is 1.55. The molecular weight excluding hydrogens is 240 g/mol. The van der Waals surface area contributed by atoms with Gasteiger partial charge in [0, 0.05) is 10.7 Å². The van der Waals surface area contributed by atoms with E-state index in [0.29, 0.717) is 0 Å². The maximum atomic E-state index is 4.43. The van der Waals surface area contributed by atoms with E-state index in [1.807, 2.05) is 41.2 Å². The van der Waals surface area contributed by atoms with Gasteiger partial charge in [-0.1, -0.05) is 22.9 Å². The molecule has 0 N–H and O–H groups in total. The van der Waals surface area contributed by atoms with Crippen LogP contribution < -0.4 is 0 Å². The smallest absolute Gasteiger partial charge is 0.0646 e. The first-order chi connectivity index (χ1) is 6.79. The summed E-state index contributed by atoms with van der Waals surface area (Å²) in [6.07, 6.45) is 2.96. The number of benzene rings is 1. The van der Waals surface area contributed by atoms with Crippen LogP contribution in [0.15, 0.2) is 41.0 Å². The summed E-state index contributed by atoms with van der Waals surface area (Å²) in [7, 11) is 0. The number of aromatic nitrogens is 2. The van der Waals surface area contributed by atoms with Crippen molar-refractivity contribution >= 4 is 15.9 Å². The summed E-state index contributed by atoms with van der Waals surface area (Å²) in [6, 6.07) is 10.2. The van der Waals surface area contributed by atoms with Crippen LogP contribution in [-0.2, 0) is 6.42 Å². The SMILES string of the molecule is CCc1ccn(-c2ccc(Br)cc2)n1. The van der Waals surface area contributed by atoms with Crippen LogP contribution in [-0.4, -0.2) is 9.78 Å². The van der Waals surface area contributed by atoms with Crippen LogP contribution in [0.1, 0.15) is 12.6 Å². The molecule has 0 spiro atoms. The van der Waals surface area contributed by atoms with E-state index in [-0.39, 0.29) is 0 Å². The Bertz CT molecular complexity index is 417. The normalized spacial score (nSPS) is 10.4. The van der Waals surface area contributed by atoms with Gasteiger partial charge in [0.05, 0.1) is 11.4 Å². The van der Waals surface area contributed by atoms with Crippen molar-refractivity contribution in [3.8, 4) is 5.69 Å². The monoisotopic (exact) mass is 250 g/mol. The van der Waals surface area contributed by atoms with Gasteiger partial charge in [0.15, 0.2) is 0 Å². The van der Waals surface area contributed by atoms with Gasteiger partial charge < -0.3 is 0 Å². The van der Waals surface area contributed by atoms with Crippen molar-refractivity contribution in [1.29, 1.82) is 0 Å². The molecule has 0 bridgehead atoms. The van der Waals surface area contributed by atoms with Gasteiger partial charge in [-0.3, -0.25) is 0 Å². The molecule has 2 rings (SSSR count). The molecule has 0 aliphatic heterocycles. The molecule has 0 radical (unpaired) electrons. The second-order valence-electron chi connectivity index (χ2n) is 3.08. The summed E-state index contributed by atoms with van der Waals surface area (Å²) in [6.45, 7) is 2.11. The lowest BCUT2D eigenvalue weighted by atomic mass is 10.3. The van der Waals surface area contributed by atoms with E-state index >= 15 is 0 Å². The molecule has 0 fully saturated rings. The van der Waals surface area contributed by atoms with Gasteiger partial charge >= 0.3 is 0 Å². The molecule has 14 heavy (non-hydrogen) atoms. The van der Waals surface area contributed by atoms with Crippen LogP contribution in [0.5, 0.6) is 0 Å². The average molecular weight is 251 g/mol. The molecule has 72 valence electrons. The molecule has 2 nitrogen and oxygen atoms in total. The molecule has 1 aromatic carbocycles. The number of rotatable bonds is 2. The average Bonchev–Trinajstić information content (AvgIpc) is 2.67. The molecule has 0 saturated carbocycles. The van der Waals surface area contributed by atoms with Crippen LogP contribution >= 0.6 is 15.9 Å². The number of halogens is 1. The summed E-state index contributed by atoms with van der Waals surface area (Å²) < 4.78 is 2.98. The molecule has 1 heterocycles. The van der Waals surface area contributed by atoms with Crippen LogP contribution in [0.25, 0.3) is 5.69 Å². The molecule has 0 atom stereocenters. The third kappa shape index (κ3) is 1.87. The number of hydrogen-bond acceptors (Lipinski definition) is 1. The first kappa shape index (κ1) is 9.46. The second kappa shape index (κ2) is 3.96. The van der Waals surface area contributed by atoms with Gasteiger partial charge in [0.25, 0.3) is 0 Å². The maximum Gasteiger partial charge on any atom is 0.0646 e. The number of nitrogens with zero attached hydrogens (tertiary/aromatic N) is 2. The van der Waals surface area contributed by atoms with Crippen molar-refractivity contribution in [3.05, 3.63) is 46.7 Å². The number of aryl methyl sites for hydroxylation is 1. The van der Waals surface area contributed by atoms with E-state index in [9.17, 15) is 0 Å². The van der Waals surface area contributed by atoms with Crippen LogP contribution in [0.2, 0.25) is 0 Å². The molecule has 0 aliphatic rings. The molecule has 3 heteroatoms. The molecule has 2 aromatic rings. The van der Waals surface area contributed by atoms with E-state index in [1.165, 1.54) is 0 Å². The topological polar surface area (TPSA) is 17.8 Å². The van der Waals surface area contributed by atoms with E-state index < -0.39 is 0 Å². The van der Waals surface area contributed by atoms with Gasteiger partial charge in [-0.15, -0.1) is 0 Å². The Morgan fingerprint density at radius 1 is 1.21 bits per heavy atom. The van der Waals surface area contributed by atoms with Crippen molar-refractivity contribution in [2.24, 2.45) is 0 Å². The second-order valence-corrected chi connectivity index (χ2v) is 4.00. The van der Waals surface area contributed by atoms with Crippen LogP contribution in [0.3, 0.4) is 0 Å².